The SMILES string of the molecule is CNc1nc(COc2cc(Br)ccc2Cl)nc2sccc12. The van der Waals surface area contributed by atoms with Crippen LogP contribution in [0, 0.1) is 0 Å². The van der Waals surface area contributed by atoms with Crippen LogP contribution in [-0.2, 0) is 6.61 Å². The van der Waals surface area contributed by atoms with Crippen LogP contribution in [0.2, 0.25) is 5.02 Å². The van der Waals surface area contributed by atoms with E-state index in [2.05, 4.69) is 31.2 Å². The van der Waals surface area contributed by atoms with Crippen molar-refractivity contribution in [3.8, 4) is 5.75 Å². The van der Waals surface area contributed by atoms with E-state index in [1.54, 1.807) is 17.4 Å². The summed E-state index contributed by atoms with van der Waals surface area (Å²) in [6.45, 7) is 0.263. The van der Waals surface area contributed by atoms with Crippen LogP contribution < -0.4 is 10.1 Å². The number of halogens is 2. The molecule has 1 N–H and O–H groups in total. The van der Waals surface area contributed by atoms with E-state index in [0.29, 0.717) is 16.6 Å². The third-order valence-electron chi connectivity index (χ3n) is 2.86. The predicted octanol–water partition coefficient (Wildman–Crippen LogP) is 4.73. The molecule has 0 saturated heterocycles. The van der Waals surface area contributed by atoms with Crippen molar-refractivity contribution in [1.29, 1.82) is 0 Å². The molecule has 108 valence electrons. The Labute approximate surface area is 139 Å². The molecule has 0 unspecified atom stereocenters. The van der Waals surface area contributed by atoms with E-state index >= 15 is 0 Å². The first kappa shape index (κ1) is 14.6. The highest BCUT2D eigenvalue weighted by molar-refractivity contribution is 9.10. The molecule has 2 aromatic heterocycles. The Morgan fingerprint density at radius 2 is 2.19 bits per heavy atom. The molecule has 0 amide bonds. The summed E-state index contributed by atoms with van der Waals surface area (Å²) in [5, 5.41) is 6.66. The number of hydrogen-bond donors (Lipinski definition) is 1. The van der Waals surface area contributed by atoms with Gasteiger partial charge in [-0.15, -0.1) is 11.3 Å². The van der Waals surface area contributed by atoms with Gasteiger partial charge in [0.1, 0.15) is 23.0 Å². The lowest BCUT2D eigenvalue weighted by molar-refractivity contribution is 0.296. The molecule has 0 saturated carbocycles. The van der Waals surface area contributed by atoms with Crippen LogP contribution in [0.1, 0.15) is 5.82 Å². The number of ether oxygens (including phenoxy) is 1. The largest absolute Gasteiger partial charge is 0.484 e. The second kappa shape index (κ2) is 6.17. The third-order valence-corrected chi connectivity index (χ3v) is 4.47. The molecule has 0 bridgehead atoms. The van der Waals surface area contributed by atoms with Crippen LogP contribution in [0.5, 0.6) is 5.75 Å². The Morgan fingerprint density at radius 3 is 3.00 bits per heavy atom. The minimum absolute atomic E-state index is 0.263. The summed E-state index contributed by atoms with van der Waals surface area (Å²) >= 11 is 11.1. The average Bonchev–Trinajstić information content (AvgIpc) is 2.95. The van der Waals surface area contributed by atoms with Crippen LogP contribution in [0.15, 0.2) is 34.1 Å². The number of aromatic nitrogens is 2. The Bertz CT molecular complexity index is 793. The molecular weight excluding hydrogens is 374 g/mol. The van der Waals surface area contributed by atoms with Gasteiger partial charge in [-0.25, -0.2) is 9.97 Å². The topological polar surface area (TPSA) is 47.0 Å². The van der Waals surface area contributed by atoms with E-state index in [1.165, 1.54) is 0 Å². The second-order valence-corrected chi connectivity index (χ2v) is 6.46. The van der Waals surface area contributed by atoms with E-state index in [4.69, 9.17) is 16.3 Å². The molecule has 0 spiro atoms. The fourth-order valence-electron chi connectivity index (χ4n) is 1.88. The van der Waals surface area contributed by atoms with Gasteiger partial charge in [-0.2, -0.15) is 0 Å². The highest BCUT2D eigenvalue weighted by atomic mass is 79.9. The van der Waals surface area contributed by atoms with Gasteiger partial charge in [0.15, 0.2) is 5.82 Å². The summed E-state index contributed by atoms with van der Waals surface area (Å²) < 4.78 is 6.63. The summed E-state index contributed by atoms with van der Waals surface area (Å²) in [6.07, 6.45) is 0. The third kappa shape index (κ3) is 3.12. The van der Waals surface area contributed by atoms with Crippen molar-refractivity contribution < 1.29 is 4.74 Å². The van der Waals surface area contributed by atoms with E-state index in [9.17, 15) is 0 Å². The molecule has 0 aliphatic rings. The first-order valence-electron chi connectivity index (χ1n) is 6.17. The van der Waals surface area contributed by atoms with Gasteiger partial charge in [0, 0.05) is 11.5 Å². The number of benzene rings is 1. The zero-order valence-corrected chi connectivity index (χ0v) is 14.2. The van der Waals surface area contributed by atoms with Crippen molar-refractivity contribution in [2.45, 2.75) is 6.61 Å². The fourth-order valence-corrected chi connectivity index (χ4v) is 3.18. The molecule has 2 heterocycles. The maximum atomic E-state index is 6.10. The quantitative estimate of drug-likeness (QED) is 0.706. The Balaban J connectivity index is 1.86. The molecule has 0 fully saturated rings. The van der Waals surface area contributed by atoms with Gasteiger partial charge < -0.3 is 10.1 Å². The number of anilines is 1. The standard InChI is InChI=1S/C14H11BrClN3OS/c1-17-13-9-4-5-21-14(9)19-12(18-13)7-20-11-6-8(15)2-3-10(11)16/h2-6H,7H2,1H3,(H,17,18,19). The maximum Gasteiger partial charge on any atom is 0.169 e. The number of rotatable bonds is 4. The van der Waals surface area contributed by atoms with Crippen LogP contribution >= 0.6 is 38.9 Å². The minimum atomic E-state index is 0.263. The highest BCUT2D eigenvalue weighted by Crippen LogP contribution is 2.29. The predicted molar refractivity (Wildman–Crippen MR) is 90.4 cm³/mol. The van der Waals surface area contributed by atoms with Gasteiger partial charge >= 0.3 is 0 Å². The van der Waals surface area contributed by atoms with Crippen LogP contribution in [0.4, 0.5) is 5.82 Å². The highest BCUT2D eigenvalue weighted by Gasteiger charge is 2.09. The monoisotopic (exact) mass is 383 g/mol. The molecule has 0 radical (unpaired) electrons. The molecule has 3 aromatic rings. The maximum absolute atomic E-state index is 6.10. The van der Waals surface area contributed by atoms with Crippen molar-refractivity contribution in [2.24, 2.45) is 0 Å². The number of fused-ring (bicyclic) bond motifs is 1. The van der Waals surface area contributed by atoms with Crippen molar-refractivity contribution in [1.82, 2.24) is 9.97 Å². The molecule has 0 atom stereocenters. The zero-order valence-electron chi connectivity index (χ0n) is 11.1. The normalized spacial score (nSPS) is 10.8. The summed E-state index contributed by atoms with van der Waals surface area (Å²) in [5.41, 5.74) is 0. The summed E-state index contributed by atoms with van der Waals surface area (Å²) in [7, 11) is 1.84. The van der Waals surface area contributed by atoms with Crippen LogP contribution in [0.3, 0.4) is 0 Å². The number of thiophene rings is 1. The molecule has 3 rings (SSSR count). The van der Waals surface area contributed by atoms with Crippen molar-refractivity contribution in [3.05, 3.63) is 45.0 Å². The molecule has 0 aliphatic carbocycles. The summed E-state index contributed by atoms with van der Waals surface area (Å²) in [4.78, 5) is 9.90. The smallest absolute Gasteiger partial charge is 0.169 e. The average molecular weight is 385 g/mol. The lowest BCUT2D eigenvalue weighted by Crippen LogP contribution is -2.04. The fraction of sp³-hybridized carbons (Fsp3) is 0.143. The van der Waals surface area contributed by atoms with Gasteiger partial charge in [-0.3, -0.25) is 0 Å². The molecule has 4 nitrogen and oxygen atoms in total. The molecular formula is C14H11BrClN3OS. The second-order valence-electron chi connectivity index (χ2n) is 4.24. The first-order chi connectivity index (χ1) is 10.2. The number of hydrogen-bond acceptors (Lipinski definition) is 5. The van der Waals surface area contributed by atoms with E-state index in [0.717, 1.165) is 20.5 Å². The Hall–Kier alpha value is -1.37. The number of nitrogens with one attached hydrogen (secondary N) is 1. The van der Waals surface area contributed by atoms with Gasteiger partial charge in [-0.05, 0) is 29.6 Å². The summed E-state index contributed by atoms with van der Waals surface area (Å²) in [5.74, 6) is 2.03. The lowest BCUT2D eigenvalue weighted by atomic mass is 10.3. The van der Waals surface area contributed by atoms with Crippen LogP contribution in [0.25, 0.3) is 10.2 Å². The Kier molecular flexibility index (Phi) is 4.28. The van der Waals surface area contributed by atoms with Crippen molar-refractivity contribution in [2.75, 3.05) is 12.4 Å². The van der Waals surface area contributed by atoms with E-state index in [-0.39, 0.29) is 6.61 Å². The minimum Gasteiger partial charge on any atom is -0.484 e. The van der Waals surface area contributed by atoms with Crippen molar-refractivity contribution in [3.63, 3.8) is 0 Å². The van der Waals surface area contributed by atoms with Crippen molar-refractivity contribution >= 4 is 54.9 Å². The lowest BCUT2D eigenvalue weighted by Gasteiger charge is -2.09. The molecule has 0 aliphatic heterocycles. The van der Waals surface area contributed by atoms with Gasteiger partial charge in [0.25, 0.3) is 0 Å². The first-order valence-corrected chi connectivity index (χ1v) is 8.22. The molecule has 21 heavy (non-hydrogen) atoms. The van der Waals surface area contributed by atoms with E-state index in [1.807, 2.05) is 30.6 Å². The zero-order chi connectivity index (χ0) is 14.8. The van der Waals surface area contributed by atoms with Gasteiger partial charge in [0.05, 0.1) is 10.4 Å². The van der Waals surface area contributed by atoms with Crippen LogP contribution in [-0.4, -0.2) is 17.0 Å². The summed E-state index contributed by atoms with van der Waals surface area (Å²) in [6, 6.07) is 7.47. The van der Waals surface area contributed by atoms with Gasteiger partial charge in [-0.1, -0.05) is 27.5 Å². The number of nitrogens with zero attached hydrogens (tertiary/aromatic N) is 2. The van der Waals surface area contributed by atoms with E-state index < -0.39 is 0 Å². The Morgan fingerprint density at radius 1 is 1.33 bits per heavy atom. The molecule has 1 aromatic carbocycles. The van der Waals surface area contributed by atoms with Gasteiger partial charge in [0.2, 0.25) is 0 Å². The molecule has 7 heteroatoms.